The smallest absolute Gasteiger partial charge is 0.462 e. The lowest BCUT2D eigenvalue weighted by Crippen LogP contribution is -2.30. The van der Waals surface area contributed by atoms with Gasteiger partial charge in [-0.15, -0.1) is 0 Å². The fourth-order valence-corrected chi connectivity index (χ4v) is 11.8. The molecule has 0 aromatic carbocycles. The van der Waals surface area contributed by atoms with Gasteiger partial charge in [-0.2, -0.15) is 0 Å². The summed E-state index contributed by atoms with van der Waals surface area (Å²) in [7, 11) is -9.89. The third kappa shape index (κ3) is 61.3. The summed E-state index contributed by atoms with van der Waals surface area (Å²) in [5.41, 5.74) is 0. The topological polar surface area (TPSA) is 237 Å². The molecule has 6 atom stereocenters. The maximum atomic E-state index is 13.0. The van der Waals surface area contributed by atoms with Gasteiger partial charge in [0.25, 0.3) is 0 Å². The number of ether oxygens (including phenoxy) is 4. The van der Waals surface area contributed by atoms with Crippen molar-refractivity contribution in [2.24, 2.45) is 11.8 Å². The Morgan fingerprint density at radius 3 is 0.874 bits per heavy atom. The normalized spacial score (nSPS) is 14.5. The van der Waals surface area contributed by atoms with Gasteiger partial charge in [0.15, 0.2) is 12.2 Å². The van der Waals surface area contributed by atoms with Gasteiger partial charge >= 0.3 is 39.5 Å². The molecule has 0 heterocycles. The van der Waals surface area contributed by atoms with E-state index < -0.39 is 97.5 Å². The van der Waals surface area contributed by atoms with Gasteiger partial charge < -0.3 is 33.8 Å². The number of carbonyl (C=O) groups is 4. The molecule has 0 amide bonds. The van der Waals surface area contributed by atoms with Crippen LogP contribution in [0.3, 0.4) is 0 Å². The molecule has 0 aromatic heterocycles. The molecule has 87 heavy (non-hydrogen) atoms. The Hall–Kier alpha value is -1.94. The minimum absolute atomic E-state index is 0.103. The molecule has 17 nitrogen and oxygen atoms in total. The molecule has 0 aliphatic heterocycles. The summed E-state index contributed by atoms with van der Waals surface area (Å²) in [5.74, 6) is -0.652. The van der Waals surface area contributed by atoms with E-state index in [0.717, 1.165) is 108 Å². The predicted octanol–water partition coefficient (Wildman–Crippen LogP) is 19.2. The number of aliphatic hydroxyl groups excluding tert-OH is 1. The number of rotatable bonds is 67. The van der Waals surface area contributed by atoms with Crippen LogP contribution in [0.25, 0.3) is 0 Å². The third-order valence-electron chi connectivity index (χ3n) is 16.1. The molecule has 0 bridgehead atoms. The Morgan fingerprint density at radius 1 is 0.333 bits per heavy atom. The van der Waals surface area contributed by atoms with E-state index in [-0.39, 0.29) is 25.7 Å². The molecule has 0 aliphatic carbocycles. The van der Waals surface area contributed by atoms with Crippen LogP contribution in [-0.4, -0.2) is 96.7 Å². The van der Waals surface area contributed by atoms with Gasteiger partial charge in [-0.3, -0.25) is 37.3 Å². The largest absolute Gasteiger partial charge is 0.472 e. The van der Waals surface area contributed by atoms with E-state index in [1.54, 1.807) is 0 Å². The zero-order valence-electron chi connectivity index (χ0n) is 56.3. The van der Waals surface area contributed by atoms with Gasteiger partial charge in [-0.1, -0.05) is 292 Å². The summed E-state index contributed by atoms with van der Waals surface area (Å²) in [6.07, 6.45) is 44.5. The van der Waals surface area contributed by atoms with Crippen molar-refractivity contribution < 1.29 is 80.2 Å². The van der Waals surface area contributed by atoms with Crippen molar-refractivity contribution >= 4 is 39.5 Å². The number of esters is 4. The minimum atomic E-state index is -4.95. The second-order valence-corrected chi connectivity index (χ2v) is 28.2. The van der Waals surface area contributed by atoms with Crippen LogP contribution in [0.4, 0.5) is 0 Å². The lowest BCUT2D eigenvalue weighted by molar-refractivity contribution is -0.161. The first-order chi connectivity index (χ1) is 41.9. The Labute approximate surface area is 530 Å². The van der Waals surface area contributed by atoms with Crippen LogP contribution >= 0.6 is 15.6 Å². The maximum Gasteiger partial charge on any atom is 0.472 e. The van der Waals surface area contributed by atoms with Crippen LogP contribution < -0.4 is 0 Å². The Balaban J connectivity index is 5.22. The molecule has 0 saturated carbocycles. The summed E-state index contributed by atoms with van der Waals surface area (Å²) in [6.45, 7) is 9.45. The molecule has 3 unspecified atom stereocenters. The molecular formula is C68H132O17P2. The van der Waals surface area contributed by atoms with E-state index in [2.05, 4.69) is 41.5 Å². The molecule has 0 aromatic rings. The summed E-state index contributed by atoms with van der Waals surface area (Å²) in [6, 6.07) is 0. The quantitative estimate of drug-likeness (QED) is 0.0222. The Kier molecular flexibility index (Phi) is 59.0. The van der Waals surface area contributed by atoms with Crippen molar-refractivity contribution in [1.82, 2.24) is 0 Å². The van der Waals surface area contributed by atoms with Crippen LogP contribution in [0, 0.1) is 11.8 Å². The first-order valence-corrected chi connectivity index (χ1v) is 38.5. The standard InChI is InChI=1S/C68H132O17P2/c1-7-10-12-14-16-18-19-20-21-22-23-24-29-33-40-46-52-67(72)84-63(56-79-66(71)51-45-39-32-28-26-25-27-30-36-42-48-60(4)5)58-82-86(74,75)80-54-62(69)55-81-87(76,77)83-59-64(57-78-65(70)50-44-38-31-17-15-13-11-8-2)85-68(73)53-47-41-35-34-37-43-49-61(6)9-3/h60-64,69H,7-59H2,1-6H3,(H,74,75)(H,76,77)/t61?,62-,63-,64-/m1/s1. The molecule has 0 spiro atoms. The van der Waals surface area contributed by atoms with E-state index in [4.69, 9.17) is 37.0 Å². The van der Waals surface area contributed by atoms with Crippen LogP contribution in [0.2, 0.25) is 0 Å². The molecule has 3 N–H and O–H groups in total. The van der Waals surface area contributed by atoms with Crippen molar-refractivity contribution in [3.8, 4) is 0 Å². The van der Waals surface area contributed by atoms with Gasteiger partial charge in [-0.05, 0) is 37.5 Å². The number of unbranched alkanes of at least 4 members (excludes halogenated alkanes) is 36. The molecule has 0 rings (SSSR count). The summed E-state index contributed by atoms with van der Waals surface area (Å²) in [4.78, 5) is 72.3. The van der Waals surface area contributed by atoms with Crippen LogP contribution in [0.15, 0.2) is 0 Å². The average molecular weight is 1280 g/mol. The van der Waals surface area contributed by atoms with E-state index in [0.29, 0.717) is 25.7 Å². The maximum absolute atomic E-state index is 13.0. The van der Waals surface area contributed by atoms with Gasteiger partial charge in [0.05, 0.1) is 26.4 Å². The van der Waals surface area contributed by atoms with Gasteiger partial charge in [0.1, 0.15) is 19.3 Å². The highest BCUT2D eigenvalue weighted by Gasteiger charge is 2.30. The Morgan fingerprint density at radius 2 is 0.586 bits per heavy atom. The Bertz CT molecular complexity index is 1700. The summed E-state index contributed by atoms with van der Waals surface area (Å²) >= 11 is 0. The number of phosphoric ester groups is 2. The van der Waals surface area contributed by atoms with Crippen molar-refractivity contribution in [2.45, 2.75) is 362 Å². The highest BCUT2D eigenvalue weighted by Crippen LogP contribution is 2.45. The number of aliphatic hydroxyl groups is 1. The van der Waals surface area contributed by atoms with E-state index >= 15 is 0 Å². The first-order valence-electron chi connectivity index (χ1n) is 35.5. The molecule has 0 radical (unpaired) electrons. The third-order valence-corrected chi connectivity index (χ3v) is 18.0. The molecular weight excluding hydrogens is 1150 g/mol. The second-order valence-electron chi connectivity index (χ2n) is 25.3. The number of hydrogen-bond acceptors (Lipinski definition) is 15. The molecule has 19 heteroatoms. The van der Waals surface area contributed by atoms with E-state index in [1.807, 2.05) is 0 Å². The van der Waals surface area contributed by atoms with Crippen molar-refractivity contribution in [1.29, 1.82) is 0 Å². The lowest BCUT2D eigenvalue weighted by atomic mass is 10.00. The number of carbonyl (C=O) groups excluding carboxylic acids is 4. The number of phosphoric acid groups is 2. The predicted molar refractivity (Wildman–Crippen MR) is 349 cm³/mol. The van der Waals surface area contributed by atoms with Gasteiger partial charge in [0.2, 0.25) is 0 Å². The van der Waals surface area contributed by atoms with Crippen LogP contribution in [-0.2, 0) is 65.4 Å². The zero-order valence-corrected chi connectivity index (χ0v) is 58.1. The second kappa shape index (κ2) is 60.3. The SMILES string of the molecule is CCCCCCCCCCCCCCCCCCC(=O)O[C@H](COC(=O)CCCCCCCCCCCCC(C)C)COP(=O)(O)OC[C@@H](O)COP(=O)(O)OC[C@@H](COC(=O)CCCCCCCCCC)OC(=O)CCCCCCCCC(C)CC. The van der Waals surface area contributed by atoms with Crippen molar-refractivity contribution in [3.05, 3.63) is 0 Å². The lowest BCUT2D eigenvalue weighted by Gasteiger charge is -2.21. The van der Waals surface area contributed by atoms with Gasteiger partial charge in [0, 0.05) is 25.7 Å². The molecule has 0 aliphatic rings. The van der Waals surface area contributed by atoms with Crippen LogP contribution in [0.5, 0.6) is 0 Å². The molecule has 516 valence electrons. The fraction of sp³-hybridized carbons (Fsp3) is 0.941. The minimum Gasteiger partial charge on any atom is -0.462 e. The zero-order chi connectivity index (χ0) is 64.3. The summed E-state index contributed by atoms with van der Waals surface area (Å²) < 4.78 is 68.1. The highest BCUT2D eigenvalue weighted by atomic mass is 31.2. The first kappa shape index (κ1) is 85.1. The van der Waals surface area contributed by atoms with Crippen LogP contribution in [0.1, 0.15) is 343 Å². The molecule has 0 saturated heterocycles. The van der Waals surface area contributed by atoms with Crippen molar-refractivity contribution in [2.75, 3.05) is 39.6 Å². The van der Waals surface area contributed by atoms with Gasteiger partial charge in [-0.25, -0.2) is 9.13 Å². The number of hydrogen-bond donors (Lipinski definition) is 3. The summed E-state index contributed by atoms with van der Waals surface area (Å²) in [5, 5.41) is 10.6. The monoisotopic (exact) mass is 1280 g/mol. The highest BCUT2D eigenvalue weighted by molar-refractivity contribution is 7.47. The average Bonchev–Trinajstić information content (AvgIpc) is 3.63. The van der Waals surface area contributed by atoms with Crippen molar-refractivity contribution in [3.63, 3.8) is 0 Å². The van der Waals surface area contributed by atoms with E-state index in [9.17, 15) is 43.2 Å². The fourth-order valence-electron chi connectivity index (χ4n) is 10.2. The molecule has 0 fully saturated rings. The van der Waals surface area contributed by atoms with E-state index in [1.165, 1.54) is 154 Å².